The van der Waals surface area contributed by atoms with Gasteiger partial charge in [0.15, 0.2) is 0 Å². The molecule has 1 nitrogen and oxygen atoms in total. The second-order valence-electron chi connectivity index (χ2n) is 5.94. The lowest BCUT2D eigenvalue weighted by molar-refractivity contribution is 0.262. The van der Waals surface area contributed by atoms with E-state index < -0.39 is 0 Å². The van der Waals surface area contributed by atoms with Crippen LogP contribution in [0.4, 0.5) is 0 Å². The van der Waals surface area contributed by atoms with Crippen LogP contribution in [0.25, 0.3) is 0 Å². The number of rotatable bonds is 5. The van der Waals surface area contributed by atoms with Crippen molar-refractivity contribution in [3.05, 3.63) is 0 Å². The van der Waals surface area contributed by atoms with Crippen molar-refractivity contribution < 1.29 is 0 Å². The molecule has 1 heteroatoms. The van der Waals surface area contributed by atoms with Gasteiger partial charge in [-0.2, -0.15) is 0 Å². The van der Waals surface area contributed by atoms with Crippen molar-refractivity contribution in [2.75, 3.05) is 7.05 Å². The normalized spacial score (nSPS) is 34.0. The molecule has 2 rings (SSSR count). The summed E-state index contributed by atoms with van der Waals surface area (Å²) in [5.74, 6) is 3.08. The summed E-state index contributed by atoms with van der Waals surface area (Å²) in [4.78, 5) is 0. The van der Waals surface area contributed by atoms with E-state index in [-0.39, 0.29) is 0 Å². The molecular formula is C14H27N. The van der Waals surface area contributed by atoms with Gasteiger partial charge in [-0.25, -0.2) is 0 Å². The standard InChI is InChI=1S/C14H27N/c1-11-3-5-12(6-4-11)7-10-14(15-2)13-8-9-13/h11-15H,3-10H2,1-2H3. The van der Waals surface area contributed by atoms with E-state index in [0.29, 0.717) is 0 Å². The number of nitrogens with one attached hydrogen (secondary N) is 1. The quantitative estimate of drug-likeness (QED) is 0.729. The van der Waals surface area contributed by atoms with Crippen LogP contribution in [0, 0.1) is 17.8 Å². The molecule has 0 aliphatic heterocycles. The maximum absolute atomic E-state index is 3.51. The van der Waals surface area contributed by atoms with Gasteiger partial charge in [0.25, 0.3) is 0 Å². The molecule has 0 amide bonds. The summed E-state index contributed by atoms with van der Waals surface area (Å²) < 4.78 is 0. The van der Waals surface area contributed by atoms with Gasteiger partial charge in [0, 0.05) is 6.04 Å². The lowest BCUT2D eigenvalue weighted by Crippen LogP contribution is -2.28. The van der Waals surface area contributed by atoms with Crippen LogP contribution in [0.2, 0.25) is 0 Å². The third-order valence-corrected chi connectivity index (χ3v) is 4.58. The Morgan fingerprint density at radius 2 is 1.73 bits per heavy atom. The van der Waals surface area contributed by atoms with Crippen molar-refractivity contribution in [2.24, 2.45) is 17.8 Å². The molecule has 1 atom stereocenters. The minimum Gasteiger partial charge on any atom is -0.317 e. The molecule has 0 spiro atoms. The molecule has 0 aromatic heterocycles. The van der Waals surface area contributed by atoms with Crippen LogP contribution in [0.1, 0.15) is 58.3 Å². The maximum Gasteiger partial charge on any atom is 0.00924 e. The highest BCUT2D eigenvalue weighted by atomic mass is 14.9. The second-order valence-corrected chi connectivity index (χ2v) is 5.94. The van der Waals surface area contributed by atoms with Gasteiger partial charge in [0.1, 0.15) is 0 Å². The highest BCUT2D eigenvalue weighted by molar-refractivity contribution is 4.86. The maximum atomic E-state index is 3.51. The van der Waals surface area contributed by atoms with Crippen LogP contribution >= 0.6 is 0 Å². The predicted molar refractivity (Wildman–Crippen MR) is 65.9 cm³/mol. The van der Waals surface area contributed by atoms with E-state index in [4.69, 9.17) is 0 Å². The fraction of sp³-hybridized carbons (Fsp3) is 1.00. The van der Waals surface area contributed by atoms with E-state index in [1.807, 2.05) is 0 Å². The van der Waals surface area contributed by atoms with Gasteiger partial charge >= 0.3 is 0 Å². The fourth-order valence-corrected chi connectivity index (χ4v) is 3.15. The fourth-order valence-electron chi connectivity index (χ4n) is 3.15. The first-order chi connectivity index (χ1) is 7.29. The predicted octanol–water partition coefficient (Wildman–Crippen LogP) is 3.59. The summed E-state index contributed by atoms with van der Waals surface area (Å²) in [6.45, 7) is 2.41. The van der Waals surface area contributed by atoms with Gasteiger partial charge in [0.2, 0.25) is 0 Å². The van der Waals surface area contributed by atoms with Gasteiger partial charge < -0.3 is 5.32 Å². The Morgan fingerprint density at radius 1 is 1.07 bits per heavy atom. The van der Waals surface area contributed by atoms with Gasteiger partial charge in [-0.15, -0.1) is 0 Å². The van der Waals surface area contributed by atoms with E-state index in [1.165, 1.54) is 51.4 Å². The lowest BCUT2D eigenvalue weighted by atomic mass is 9.80. The van der Waals surface area contributed by atoms with Crippen LogP contribution in [0.15, 0.2) is 0 Å². The first kappa shape index (κ1) is 11.4. The molecule has 0 bridgehead atoms. The van der Waals surface area contributed by atoms with E-state index in [0.717, 1.165) is 23.8 Å². The zero-order valence-corrected chi connectivity index (χ0v) is 10.5. The monoisotopic (exact) mass is 209 g/mol. The third-order valence-electron chi connectivity index (χ3n) is 4.58. The van der Waals surface area contributed by atoms with E-state index >= 15 is 0 Å². The Morgan fingerprint density at radius 3 is 2.27 bits per heavy atom. The smallest absolute Gasteiger partial charge is 0.00924 e. The first-order valence-corrected chi connectivity index (χ1v) is 6.97. The zero-order chi connectivity index (χ0) is 10.7. The van der Waals surface area contributed by atoms with E-state index in [1.54, 1.807) is 0 Å². The molecule has 1 N–H and O–H groups in total. The molecule has 15 heavy (non-hydrogen) atoms. The minimum atomic E-state index is 0.837. The Bertz CT molecular complexity index is 178. The van der Waals surface area contributed by atoms with Gasteiger partial charge in [0.05, 0.1) is 0 Å². The first-order valence-electron chi connectivity index (χ1n) is 6.97. The highest BCUT2D eigenvalue weighted by Gasteiger charge is 2.30. The molecule has 1 unspecified atom stereocenters. The topological polar surface area (TPSA) is 12.0 Å². The summed E-state index contributed by atoms with van der Waals surface area (Å²) in [6.07, 6.45) is 11.8. The molecule has 0 heterocycles. The number of hydrogen-bond acceptors (Lipinski definition) is 1. The largest absolute Gasteiger partial charge is 0.317 e. The van der Waals surface area contributed by atoms with Crippen LogP contribution in [-0.2, 0) is 0 Å². The van der Waals surface area contributed by atoms with Crippen LogP contribution in [0.5, 0.6) is 0 Å². The minimum absolute atomic E-state index is 0.837. The van der Waals surface area contributed by atoms with Gasteiger partial charge in [-0.1, -0.05) is 32.6 Å². The van der Waals surface area contributed by atoms with Crippen LogP contribution in [-0.4, -0.2) is 13.1 Å². The summed E-state index contributed by atoms with van der Waals surface area (Å²) >= 11 is 0. The Kier molecular flexibility index (Phi) is 4.07. The molecule has 0 saturated heterocycles. The Hall–Kier alpha value is -0.0400. The van der Waals surface area contributed by atoms with E-state index in [2.05, 4.69) is 19.3 Å². The molecular weight excluding hydrogens is 182 g/mol. The van der Waals surface area contributed by atoms with Gasteiger partial charge in [-0.3, -0.25) is 0 Å². The highest BCUT2D eigenvalue weighted by Crippen LogP contribution is 2.37. The average Bonchev–Trinajstić information content (AvgIpc) is 3.06. The molecule has 2 aliphatic rings. The third kappa shape index (κ3) is 3.48. The van der Waals surface area contributed by atoms with Crippen molar-refractivity contribution in [3.63, 3.8) is 0 Å². The average molecular weight is 209 g/mol. The van der Waals surface area contributed by atoms with Crippen molar-refractivity contribution in [3.8, 4) is 0 Å². The lowest BCUT2D eigenvalue weighted by Gasteiger charge is -2.27. The second kappa shape index (κ2) is 5.34. The molecule has 0 radical (unpaired) electrons. The van der Waals surface area contributed by atoms with Crippen molar-refractivity contribution in [2.45, 2.75) is 64.3 Å². The van der Waals surface area contributed by atoms with Crippen LogP contribution in [0.3, 0.4) is 0 Å². The SMILES string of the molecule is CNC(CCC1CCC(C)CC1)C1CC1. The van der Waals surface area contributed by atoms with Crippen LogP contribution < -0.4 is 5.32 Å². The summed E-state index contributed by atoms with van der Waals surface area (Å²) in [7, 11) is 2.14. The summed E-state index contributed by atoms with van der Waals surface area (Å²) in [5, 5.41) is 3.51. The van der Waals surface area contributed by atoms with E-state index in [9.17, 15) is 0 Å². The van der Waals surface area contributed by atoms with Crippen molar-refractivity contribution >= 4 is 0 Å². The van der Waals surface area contributed by atoms with Gasteiger partial charge in [-0.05, 0) is 50.5 Å². The van der Waals surface area contributed by atoms with Crippen molar-refractivity contribution in [1.82, 2.24) is 5.32 Å². The Balaban J connectivity index is 1.63. The summed E-state index contributed by atoms with van der Waals surface area (Å²) in [6, 6.07) is 0.837. The van der Waals surface area contributed by atoms with Crippen molar-refractivity contribution in [1.29, 1.82) is 0 Å². The molecule has 2 saturated carbocycles. The molecule has 2 fully saturated rings. The number of hydrogen-bond donors (Lipinski definition) is 1. The molecule has 2 aliphatic carbocycles. The molecule has 88 valence electrons. The zero-order valence-electron chi connectivity index (χ0n) is 10.5. The summed E-state index contributed by atoms with van der Waals surface area (Å²) in [5.41, 5.74) is 0. The molecule has 0 aromatic carbocycles. The Labute approximate surface area is 95.0 Å². The molecule has 0 aromatic rings.